The van der Waals surface area contributed by atoms with E-state index in [1.54, 1.807) is 4.68 Å². The average Bonchev–Trinajstić information content (AvgIpc) is 2.83. The van der Waals surface area contributed by atoms with Gasteiger partial charge in [0.1, 0.15) is 0 Å². The lowest BCUT2D eigenvalue weighted by atomic mass is 10.1. The number of rotatable bonds is 4. The SMILES string of the molecule is Cc1ccc(-n2nnnc2SCC(=O)NC(N)=O)c(C)c1. The highest BCUT2D eigenvalue weighted by Gasteiger charge is 2.13. The number of hydrogen-bond acceptors (Lipinski definition) is 6. The number of urea groups is 1. The summed E-state index contributed by atoms with van der Waals surface area (Å²) < 4.78 is 1.55. The maximum atomic E-state index is 11.4. The van der Waals surface area contributed by atoms with Crippen molar-refractivity contribution in [1.82, 2.24) is 25.5 Å². The standard InChI is InChI=1S/C12H14N6O2S/c1-7-3-4-9(8(2)5-7)18-12(15-16-17-18)21-6-10(19)14-11(13)20/h3-5H,6H2,1-2H3,(H3,13,14,19,20). The summed E-state index contributed by atoms with van der Waals surface area (Å²) in [5.41, 5.74) is 7.87. The number of thioether (sulfide) groups is 1. The summed E-state index contributed by atoms with van der Waals surface area (Å²) >= 11 is 1.12. The molecule has 3 N–H and O–H groups in total. The van der Waals surface area contributed by atoms with Crippen LogP contribution < -0.4 is 11.1 Å². The largest absolute Gasteiger partial charge is 0.351 e. The first-order valence-electron chi connectivity index (χ1n) is 6.05. The van der Waals surface area contributed by atoms with Gasteiger partial charge in [0.25, 0.3) is 0 Å². The Morgan fingerprint density at radius 2 is 2.14 bits per heavy atom. The fourth-order valence-corrected chi connectivity index (χ4v) is 2.45. The molecule has 0 saturated heterocycles. The fourth-order valence-electron chi connectivity index (χ4n) is 1.77. The number of tetrazole rings is 1. The average molecular weight is 306 g/mol. The molecule has 1 aromatic heterocycles. The van der Waals surface area contributed by atoms with E-state index in [0.29, 0.717) is 5.16 Å². The highest BCUT2D eigenvalue weighted by molar-refractivity contribution is 7.99. The van der Waals surface area contributed by atoms with Gasteiger partial charge in [-0.1, -0.05) is 29.5 Å². The molecule has 2 aromatic rings. The van der Waals surface area contributed by atoms with Crippen LogP contribution in [-0.4, -0.2) is 37.9 Å². The Balaban J connectivity index is 2.15. The summed E-state index contributed by atoms with van der Waals surface area (Å²) in [6.45, 7) is 3.96. The third-order valence-electron chi connectivity index (χ3n) is 2.62. The Labute approximate surface area is 125 Å². The Kier molecular flexibility index (Phi) is 4.53. The van der Waals surface area contributed by atoms with Crippen molar-refractivity contribution < 1.29 is 9.59 Å². The minimum Gasteiger partial charge on any atom is -0.351 e. The molecule has 0 atom stereocenters. The van der Waals surface area contributed by atoms with Crippen LogP contribution >= 0.6 is 11.8 Å². The van der Waals surface area contributed by atoms with Gasteiger partial charge in [0.05, 0.1) is 11.4 Å². The van der Waals surface area contributed by atoms with Gasteiger partial charge >= 0.3 is 6.03 Å². The highest BCUT2D eigenvalue weighted by Crippen LogP contribution is 2.21. The van der Waals surface area contributed by atoms with Crippen LogP contribution in [0.4, 0.5) is 4.79 Å². The van der Waals surface area contributed by atoms with E-state index >= 15 is 0 Å². The molecule has 9 heteroatoms. The molecule has 0 spiro atoms. The molecule has 0 aliphatic rings. The van der Waals surface area contributed by atoms with Crippen molar-refractivity contribution in [3.05, 3.63) is 29.3 Å². The van der Waals surface area contributed by atoms with E-state index < -0.39 is 11.9 Å². The quantitative estimate of drug-likeness (QED) is 0.798. The van der Waals surface area contributed by atoms with Gasteiger partial charge in [-0.25, -0.2) is 4.79 Å². The number of benzene rings is 1. The molecule has 1 heterocycles. The molecule has 110 valence electrons. The van der Waals surface area contributed by atoms with E-state index in [1.807, 2.05) is 37.4 Å². The third kappa shape index (κ3) is 3.78. The first kappa shape index (κ1) is 15.0. The highest BCUT2D eigenvalue weighted by atomic mass is 32.2. The molecule has 8 nitrogen and oxygen atoms in total. The second-order valence-electron chi connectivity index (χ2n) is 4.36. The van der Waals surface area contributed by atoms with Crippen molar-refractivity contribution in [2.24, 2.45) is 5.73 Å². The van der Waals surface area contributed by atoms with Crippen LogP contribution in [0.1, 0.15) is 11.1 Å². The van der Waals surface area contributed by atoms with E-state index in [0.717, 1.165) is 28.6 Å². The number of nitrogens with one attached hydrogen (secondary N) is 1. The minimum atomic E-state index is -0.880. The van der Waals surface area contributed by atoms with E-state index in [4.69, 9.17) is 5.73 Å². The van der Waals surface area contributed by atoms with Crippen LogP contribution in [0.15, 0.2) is 23.4 Å². The van der Waals surface area contributed by atoms with Gasteiger partial charge in [-0.05, 0) is 35.9 Å². The minimum absolute atomic E-state index is 0.00573. The van der Waals surface area contributed by atoms with Gasteiger partial charge < -0.3 is 5.73 Å². The zero-order valence-electron chi connectivity index (χ0n) is 11.5. The van der Waals surface area contributed by atoms with E-state index in [9.17, 15) is 9.59 Å². The fraction of sp³-hybridized carbons (Fsp3) is 0.250. The number of nitrogens with zero attached hydrogens (tertiary/aromatic N) is 4. The zero-order chi connectivity index (χ0) is 15.4. The summed E-state index contributed by atoms with van der Waals surface area (Å²) in [7, 11) is 0. The molecular weight excluding hydrogens is 292 g/mol. The Morgan fingerprint density at radius 1 is 1.38 bits per heavy atom. The van der Waals surface area contributed by atoms with Gasteiger partial charge in [0.15, 0.2) is 0 Å². The molecule has 1 aromatic carbocycles. The van der Waals surface area contributed by atoms with Crippen molar-refractivity contribution in [3.8, 4) is 5.69 Å². The summed E-state index contributed by atoms with van der Waals surface area (Å²) in [5, 5.41) is 13.9. The van der Waals surface area contributed by atoms with Gasteiger partial charge in [0, 0.05) is 0 Å². The smallest absolute Gasteiger partial charge is 0.318 e. The predicted octanol–water partition coefficient (Wildman–Crippen LogP) is 0.566. The number of nitrogens with two attached hydrogens (primary N) is 1. The molecule has 0 unspecified atom stereocenters. The third-order valence-corrected chi connectivity index (χ3v) is 3.54. The van der Waals surface area contributed by atoms with Crippen molar-refractivity contribution in [2.75, 3.05) is 5.75 Å². The van der Waals surface area contributed by atoms with E-state index in [2.05, 4.69) is 15.5 Å². The molecule has 0 saturated carbocycles. The summed E-state index contributed by atoms with van der Waals surface area (Å²) in [4.78, 5) is 22.0. The maximum absolute atomic E-state index is 11.4. The van der Waals surface area contributed by atoms with Crippen LogP contribution in [0.25, 0.3) is 5.69 Å². The van der Waals surface area contributed by atoms with Crippen molar-refractivity contribution in [1.29, 1.82) is 0 Å². The van der Waals surface area contributed by atoms with Crippen LogP contribution in [-0.2, 0) is 4.79 Å². The van der Waals surface area contributed by atoms with Gasteiger partial charge in [0.2, 0.25) is 11.1 Å². The molecule has 0 aliphatic carbocycles. The normalized spacial score (nSPS) is 10.4. The van der Waals surface area contributed by atoms with E-state index in [1.165, 1.54) is 0 Å². The molecule has 2 rings (SSSR count). The molecule has 0 bridgehead atoms. The number of amides is 3. The number of imide groups is 1. The number of aryl methyl sites for hydroxylation is 2. The van der Waals surface area contributed by atoms with Crippen molar-refractivity contribution in [2.45, 2.75) is 19.0 Å². The van der Waals surface area contributed by atoms with Crippen LogP contribution in [0.5, 0.6) is 0 Å². The van der Waals surface area contributed by atoms with Crippen molar-refractivity contribution >= 4 is 23.7 Å². The Morgan fingerprint density at radius 3 is 2.81 bits per heavy atom. The summed E-state index contributed by atoms with van der Waals surface area (Å²) in [6, 6.07) is 5.01. The lowest BCUT2D eigenvalue weighted by Crippen LogP contribution is -2.36. The first-order chi connectivity index (χ1) is 9.97. The lowest BCUT2D eigenvalue weighted by molar-refractivity contribution is -0.117. The molecule has 3 amide bonds. The summed E-state index contributed by atoms with van der Waals surface area (Å²) in [5.74, 6) is -0.503. The number of aromatic nitrogens is 4. The molecule has 0 radical (unpaired) electrons. The van der Waals surface area contributed by atoms with Gasteiger partial charge in [-0.2, -0.15) is 4.68 Å². The number of carbonyl (C=O) groups is 2. The molecular formula is C12H14N6O2S. The zero-order valence-corrected chi connectivity index (χ0v) is 12.3. The van der Waals surface area contributed by atoms with Crippen LogP contribution in [0, 0.1) is 13.8 Å². The lowest BCUT2D eigenvalue weighted by Gasteiger charge is -2.08. The molecule has 21 heavy (non-hydrogen) atoms. The van der Waals surface area contributed by atoms with Crippen LogP contribution in [0.3, 0.4) is 0 Å². The Bertz CT molecular complexity index is 684. The van der Waals surface area contributed by atoms with Gasteiger partial charge in [-0.15, -0.1) is 5.10 Å². The van der Waals surface area contributed by atoms with Crippen molar-refractivity contribution in [3.63, 3.8) is 0 Å². The Hall–Kier alpha value is -2.42. The second kappa shape index (κ2) is 6.35. The number of primary amides is 1. The van der Waals surface area contributed by atoms with Crippen LogP contribution in [0.2, 0.25) is 0 Å². The topological polar surface area (TPSA) is 116 Å². The molecule has 0 aliphatic heterocycles. The van der Waals surface area contributed by atoms with E-state index in [-0.39, 0.29) is 5.75 Å². The molecule has 0 fully saturated rings. The second-order valence-corrected chi connectivity index (χ2v) is 5.31. The van der Waals surface area contributed by atoms with Gasteiger partial charge in [-0.3, -0.25) is 10.1 Å². The maximum Gasteiger partial charge on any atom is 0.318 e. The first-order valence-corrected chi connectivity index (χ1v) is 7.04. The number of carbonyl (C=O) groups excluding carboxylic acids is 2. The monoisotopic (exact) mass is 306 g/mol. The number of hydrogen-bond donors (Lipinski definition) is 2. The summed E-state index contributed by atoms with van der Waals surface area (Å²) in [6.07, 6.45) is 0. The predicted molar refractivity (Wildman–Crippen MR) is 77.1 cm³/mol.